The number of ether oxygens (including phenoxy) is 2. The molecule has 0 bridgehead atoms. The van der Waals surface area contributed by atoms with Crippen molar-refractivity contribution in [1.29, 1.82) is 0 Å². The second kappa shape index (κ2) is 7.31. The molecule has 7 heteroatoms. The van der Waals surface area contributed by atoms with Gasteiger partial charge in [-0.3, -0.25) is 9.78 Å². The van der Waals surface area contributed by atoms with Gasteiger partial charge in [-0.15, -0.1) is 11.3 Å². The lowest BCUT2D eigenvalue weighted by Crippen LogP contribution is -2.12. The molecule has 3 rings (SSSR count). The number of hydrogen-bond donors (Lipinski definition) is 1. The van der Waals surface area contributed by atoms with Gasteiger partial charge >= 0.3 is 0 Å². The first kappa shape index (κ1) is 16.9. The lowest BCUT2D eigenvalue weighted by molar-refractivity contribution is 0.102. The van der Waals surface area contributed by atoms with E-state index in [1.54, 1.807) is 32.0 Å². The van der Waals surface area contributed by atoms with Crippen molar-refractivity contribution in [3.63, 3.8) is 0 Å². The van der Waals surface area contributed by atoms with Crippen LogP contribution in [0.5, 0.6) is 11.5 Å². The fraction of sp³-hybridized carbons (Fsp3) is 0.167. The van der Waals surface area contributed by atoms with Crippen molar-refractivity contribution >= 4 is 22.9 Å². The molecule has 0 aliphatic rings. The molecule has 0 unspecified atom stereocenters. The maximum atomic E-state index is 12.4. The van der Waals surface area contributed by atoms with Crippen LogP contribution in [0, 0.1) is 6.92 Å². The third-order valence-electron chi connectivity index (χ3n) is 3.50. The number of nitrogens with zero attached hydrogens (tertiary/aromatic N) is 2. The number of amides is 1. The highest BCUT2D eigenvalue weighted by atomic mass is 32.1. The average molecular weight is 355 g/mol. The molecule has 0 spiro atoms. The van der Waals surface area contributed by atoms with Crippen LogP contribution in [0.25, 0.3) is 10.6 Å². The van der Waals surface area contributed by atoms with Gasteiger partial charge in [-0.2, -0.15) is 0 Å². The van der Waals surface area contributed by atoms with Gasteiger partial charge in [0.2, 0.25) is 0 Å². The predicted molar refractivity (Wildman–Crippen MR) is 97.6 cm³/mol. The Morgan fingerprint density at radius 1 is 1.12 bits per heavy atom. The number of rotatable bonds is 5. The molecule has 0 fully saturated rings. The summed E-state index contributed by atoms with van der Waals surface area (Å²) in [6, 6.07) is 7.39. The first-order valence-corrected chi connectivity index (χ1v) is 8.39. The summed E-state index contributed by atoms with van der Waals surface area (Å²) in [6.07, 6.45) is 3.33. The van der Waals surface area contributed by atoms with Gasteiger partial charge in [-0.05, 0) is 36.8 Å². The molecule has 0 aliphatic carbocycles. The molecular weight excluding hydrogens is 338 g/mol. The van der Waals surface area contributed by atoms with Crippen LogP contribution in [-0.2, 0) is 0 Å². The van der Waals surface area contributed by atoms with Crippen LogP contribution in [0.15, 0.2) is 42.0 Å². The molecule has 0 aliphatic heterocycles. The zero-order valence-corrected chi connectivity index (χ0v) is 14.9. The van der Waals surface area contributed by atoms with Crippen LogP contribution < -0.4 is 14.8 Å². The number of hydrogen-bond acceptors (Lipinski definition) is 6. The lowest BCUT2D eigenvalue weighted by atomic mass is 10.2. The number of methoxy groups -OCH3 is 2. The maximum Gasteiger partial charge on any atom is 0.275 e. The molecule has 1 amide bonds. The normalized spacial score (nSPS) is 10.4. The van der Waals surface area contributed by atoms with Crippen LogP contribution in [-0.4, -0.2) is 30.1 Å². The molecule has 1 N–H and O–H groups in total. The topological polar surface area (TPSA) is 73.3 Å². The zero-order valence-electron chi connectivity index (χ0n) is 14.1. The predicted octanol–water partition coefficient (Wildman–Crippen LogP) is 3.78. The molecule has 1 aromatic carbocycles. The Bertz CT molecular complexity index is 908. The van der Waals surface area contributed by atoms with Gasteiger partial charge in [0.05, 0.1) is 26.1 Å². The highest BCUT2D eigenvalue weighted by Crippen LogP contribution is 2.33. The van der Waals surface area contributed by atoms with Gasteiger partial charge in [-0.25, -0.2) is 4.98 Å². The van der Waals surface area contributed by atoms with E-state index < -0.39 is 0 Å². The minimum absolute atomic E-state index is 0.268. The van der Waals surface area contributed by atoms with E-state index in [0.717, 1.165) is 16.1 Å². The summed E-state index contributed by atoms with van der Waals surface area (Å²) in [5.74, 6) is 0.995. The highest BCUT2D eigenvalue weighted by molar-refractivity contribution is 7.13. The first-order chi connectivity index (χ1) is 12.1. The van der Waals surface area contributed by atoms with Crippen LogP contribution in [0.2, 0.25) is 0 Å². The Balaban J connectivity index is 1.81. The maximum absolute atomic E-state index is 12.4. The van der Waals surface area contributed by atoms with Crippen molar-refractivity contribution in [2.45, 2.75) is 6.92 Å². The SMILES string of the molecule is COc1ccc(-c2nc(C(=O)Nc3cncc(C)c3)cs2)cc1OC. The van der Waals surface area contributed by atoms with Gasteiger partial charge in [0.1, 0.15) is 10.7 Å². The minimum Gasteiger partial charge on any atom is -0.493 e. The van der Waals surface area contributed by atoms with Crippen molar-refractivity contribution in [3.8, 4) is 22.1 Å². The summed E-state index contributed by atoms with van der Waals surface area (Å²) in [4.78, 5) is 20.8. The summed E-state index contributed by atoms with van der Waals surface area (Å²) in [7, 11) is 3.17. The molecule has 6 nitrogen and oxygen atoms in total. The van der Waals surface area contributed by atoms with E-state index in [1.165, 1.54) is 11.3 Å². The molecule has 0 radical (unpaired) electrons. The molecule has 2 heterocycles. The van der Waals surface area contributed by atoms with Crippen molar-refractivity contribution in [3.05, 3.63) is 53.3 Å². The number of benzene rings is 1. The first-order valence-electron chi connectivity index (χ1n) is 7.51. The van der Waals surface area contributed by atoms with Gasteiger partial charge in [0, 0.05) is 17.1 Å². The van der Waals surface area contributed by atoms with Crippen molar-refractivity contribution in [2.75, 3.05) is 19.5 Å². The monoisotopic (exact) mass is 355 g/mol. The molecular formula is C18H17N3O3S. The fourth-order valence-corrected chi connectivity index (χ4v) is 3.10. The van der Waals surface area contributed by atoms with Crippen molar-refractivity contribution in [1.82, 2.24) is 9.97 Å². The molecule has 0 saturated heterocycles. The van der Waals surface area contributed by atoms with Crippen LogP contribution in [0.1, 0.15) is 16.1 Å². The number of aromatic nitrogens is 2. The number of thiazole rings is 1. The number of aryl methyl sites for hydroxylation is 1. The zero-order chi connectivity index (χ0) is 17.8. The summed E-state index contributed by atoms with van der Waals surface area (Å²) < 4.78 is 10.5. The molecule has 128 valence electrons. The highest BCUT2D eigenvalue weighted by Gasteiger charge is 2.14. The Kier molecular flexibility index (Phi) is 4.95. The second-order valence-electron chi connectivity index (χ2n) is 5.31. The van der Waals surface area contributed by atoms with Gasteiger partial charge in [0.25, 0.3) is 5.91 Å². The van der Waals surface area contributed by atoms with Crippen LogP contribution in [0.3, 0.4) is 0 Å². The number of carbonyl (C=O) groups excluding carboxylic acids is 1. The quantitative estimate of drug-likeness (QED) is 0.754. The largest absolute Gasteiger partial charge is 0.493 e. The fourth-order valence-electron chi connectivity index (χ4n) is 2.30. The van der Waals surface area contributed by atoms with Gasteiger partial charge < -0.3 is 14.8 Å². The molecule has 0 atom stereocenters. The standard InChI is InChI=1S/C18H17N3O3S/c1-11-6-13(9-19-8-11)20-17(22)14-10-25-18(21-14)12-4-5-15(23-2)16(7-12)24-3/h4-10H,1-3H3,(H,20,22). The van der Waals surface area contributed by atoms with E-state index in [0.29, 0.717) is 22.9 Å². The molecule has 3 aromatic rings. The smallest absolute Gasteiger partial charge is 0.275 e. The van der Waals surface area contributed by atoms with Crippen molar-refractivity contribution in [2.24, 2.45) is 0 Å². The number of nitrogens with one attached hydrogen (secondary N) is 1. The third-order valence-corrected chi connectivity index (χ3v) is 4.39. The minimum atomic E-state index is -0.268. The molecule has 25 heavy (non-hydrogen) atoms. The van der Waals surface area contributed by atoms with E-state index >= 15 is 0 Å². The molecule has 2 aromatic heterocycles. The Morgan fingerprint density at radius 3 is 2.64 bits per heavy atom. The number of anilines is 1. The summed E-state index contributed by atoms with van der Waals surface area (Å²) in [6.45, 7) is 1.92. The summed E-state index contributed by atoms with van der Waals surface area (Å²) >= 11 is 1.39. The van der Waals surface area contributed by atoms with Gasteiger partial charge in [0.15, 0.2) is 11.5 Å². The van der Waals surface area contributed by atoms with E-state index in [-0.39, 0.29) is 5.91 Å². The van der Waals surface area contributed by atoms with E-state index in [4.69, 9.17) is 9.47 Å². The summed E-state index contributed by atoms with van der Waals surface area (Å²) in [5.41, 5.74) is 2.84. The lowest BCUT2D eigenvalue weighted by Gasteiger charge is -2.08. The third kappa shape index (κ3) is 3.77. The van der Waals surface area contributed by atoms with Gasteiger partial charge in [-0.1, -0.05) is 0 Å². The summed E-state index contributed by atoms with van der Waals surface area (Å²) in [5, 5.41) is 5.26. The number of carbonyl (C=O) groups is 1. The average Bonchev–Trinajstić information content (AvgIpc) is 3.11. The Hall–Kier alpha value is -2.93. The van der Waals surface area contributed by atoms with E-state index in [2.05, 4.69) is 15.3 Å². The van der Waals surface area contributed by atoms with Crippen LogP contribution >= 0.6 is 11.3 Å². The Labute approximate surface area is 149 Å². The van der Waals surface area contributed by atoms with Crippen molar-refractivity contribution < 1.29 is 14.3 Å². The van der Waals surface area contributed by atoms with Crippen LogP contribution in [0.4, 0.5) is 5.69 Å². The number of pyridine rings is 1. The Morgan fingerprint density at radius 2 is 1.92 bits per heavy atom. The van der Waals surface area contributed by atoms with E-state index in [9.17, 15) is 4.79 Å². The van der Waals surface area contributed by atoms with E-state index in [1.807, 2.05) is 31.2 Å². The molecule has 0 saturated carbocycles. The second-order valence-corrected chi connectivity index (χ2v) is 6.17.